The number of nitrogens with zero attached hydrogens (tertiary/aromatic N) is 1. The molecule has 0 aromatic carbocycles. The standard InChI is InChI=1S/C19H45NO5Si3/c1-17(18(21)25-27(11,12)19(2,3)4)16-20(26(8,9)10)14-13-15-28(22-5,23-6)24-7/h17H,13-16H2,1-12H3. The van der Waals surface area contributed by atoms with Crippen LogP contribution in [-0.4, -0.2) is 70.3 Å². The van der Waals surface area contributed by atoms with Gasteiger partial charge in [0.25, 0.3) is 14.3 Å². The van der Waals surface area contributed by atoms with Gasteiger partial charge in [0.2, 0.25) is 0 Å². The number of carbonyl (C=O) groups is 1. The summed E-state index contributed by atoms with van der Waals surface area (Å²) in [5, 5.41) is 0.0231. The van der Waals surface area contributed by atoms with Crippen LogP contribution in [0.4, 0.5) is 0 Å². The quantitative estimate of drug-likeness (QED) is 0.405. The van der Waals surface area contributed by atoms with E-state index in [1.807, 2.05) is 6.92 Å². The topological polar surface area (TPSA) is 57.2 Å². The molecule has 0 radical (unpaired) electrons. The van der Waals surface area contributed by atoms with E-state index in [1.54, 1.807) is 21.3 Å². The predicted molar refractivity (Wildman–Crippen MR) is 124 cm³/mol. The van der Waals surface area contributed by atoms with E-state index in [4.69, 9.17) is 17.7 Å². The Bertz CT molecular complexity index is 477. The second-order valence-corrected chi connectivity index (χ2v) is 22.9. The average Bonchev–Trinajstić information content (AvgIpc) is 2.55. The third-order valence-electron chi connectivity index (χ3n) is 5.85. The van der Waals surface area contributed by atoms with Crippen LogP contribution in [0.15, 0.2) is 0 Å². The zero-order valence-corrected chi connectivity index (χ0v) is 23.4. The molecule has 0 bridgehead atoms. The summed E-state index contributed by atoms with van der Waals surface area (Å²) in [5.74, 6) is -0.209. The van der Waals surface area contributed by atoms with Crippen LogP contribution in [0.1, 0.15) is 34.1 Å². The SMILES string of the molecule is CO[Si](CCCN(CC(C)C(=O)O[Si](C)(C)C(C)(C)C)[Si](C)(C)C)(OC)OC. The van der Waals surface area contributed by atoms with Crippen molar-refractivity contribution in [1.29, 1.82) is 0 Å². The lowest BCUT2D eigenvalue weighted by Crippen LogP contribution is -2.51. The minimum absolute atomic E-state index is 0.0231. The molecule has 0 aromatic heterocycles. The summed E-state index contributed by atoms with van der Waals surface area (Å²) in [6, 6.07) is 0.764. The first kappa shape index (κ1) is 28.0. The lowest BCUT2D eigenvalue weighted by atomic mass is 10.2. The number of carbonyl (C=O) groups excluding carboxylic acids is 1. The van der Waals surface area contributed by atoms with Crippen molar-refractivity contribution in [3.05, 3.63) is 0 Å². The molecule has 0 amide bonds. The van der Waals surface area contributed by atoms with Gasteiger partial charge >= 0.3 is 8.80 Å². The minimum atomic E-state index is -2.56. The molecule has 28 heavy (non-hydrogen) atoms. The summed E-state index contributed by atoms with van der Waals surface area (Å²) in [7, 11) is -1.29. The smallest absolute Gasteiger partial charge is 0.500 e. The maximum Gasteiger partial charge on any atom is 0.500 e. The number of hydrogen-bond acceptors (Lipinski definition) is 6. The van der Waals surface area contributed by atoms with Crippen LogP contribution in [0.2, 0.25) is 43.8 Å². The number of rotatable bonds is 12. The van der Waals surface area contributed by atoms with Gasteiger partial charge in [0.05, 0.1) is 5.92 Å². The molecule has 168 valence electrons. The molecule has 9 heteroatoms. The molecule has 0 aromatic rings. The van der Waals surface area contributed by atoms with Gasteiger partial charge in [0.1, 0.15) is 8.24 Å². The van der Waals surface area contributed by atoms with Crippen molar-refractivity contribution in [3.63, 3.8) is 0 Å². The molecule has 0 N–H and O–H groups in total. The summed E-state index contributed by atoms with van der Waals surface area (Å²) >= 11 is 0. The largest absolute Gasteiger partial charge is 0.519 e. The van der Waals surface area contributed by atoms with Gasteiger partial charge in [-0.3, -0.25) is 4.79 Å². The Kier molecular flexibility index (Phi) is 10.8. The van der Waals surface area contributed by atoms with Gasteiger partial charge in [-0.2, -0.15) is 0 Å². The van der Waals surface area contributed by atoms with Gasteiger partial charge < -0.3 is 22.3 Å². The highest BCUT2D eigenvalue weighted by atomic mass is 28.4. The van der Waals surface area contributed by atoms with Crippen LogP contribution in [0, 0.1) is 5.92 Å². The first-order valence-corrected chi connectivity index (χ1v) is 18.5. The molecule has 6 nitrogen and oxygen atoms in total. The van der Waals surface area contributed by atoms with E-state index in [9.17, 15) is 4.79 Å². The first-order chi connectivity index (χ1) is 12.5. The average molecular weight is 452 g/mol. The summed E-state index contributed by atoms with van der Waals surface area (Å²) in [6.45, 7) is 21.3. The fraction of sp³-hybridized carbons (Fsp3) is 0.947. The van der Waals surface area contributed by atoms with Crippen LogP contribution in [0.3, 0.4) is 0 Å². The van der Waals surface area contributed by atoms with Crippen LogP contribution in [-0.2, 0) is 22.5 Å². The Morgan fingerprint density at radius 1 is 0.964 bits per heavy atom. The van der Waals surface area contributed by atoms with Crippen molar-refractivity contribution in [2.75, 3.05) is 34.4 Å². The molecule has 0 fully saturated rings. The van der Waals surface area contributed by atoms with Crippen LogP contribution < -0.4 is 0 Å². The van der Waals surface area contributed by atoms with E-state index in [0.29, 0.717) is 0 Å². The Balaban J connectivity index is 5.00. The van der Waals surface area contributed by atoms with Crippen molar-refractivity contribution < 1.29 is 22.5 Å². The Hall–Kier alpha value is -0.0394. The predicted octanol–water partition coefficient (Wildman–Crippen LogP) is 4.58. The van der Waals surface area contributed by atoms with Crippen molar-refractivity contribution in [2.45, 2.75) is 77.9 Å². The Morgan fingerprint density at radius 2 is 1.43 bits per heavy atom. The molecule has 0 aliphatic rings. The third kappa shape index (κ3) is 8.37. The molecule has 0 aliphatic carbocycles. The van der Waals surface area contributed by atoms with E-state index in [2.05, 4.69) is 58.1 Å². The van der Waals surface area contributed by atoms with Gasteiger partial charge in [-0.25, -0.2) is 0 Å². The van der Waals surface area contributed by atoms with E-state index in [-0.39, 0.29) is 16.9 Å². The molecular weight excluding hydrogens is 406 g/mol. The molecule has 0 rings (SSSR count). The summed E-state index contributed by atoms with van der Waals surface area (Å²) in [4.78, 5) is 12.8. The van der Waals surface area contributed by atoms with Crippen LogP contribution in [0.25, 0.3) is 0 Å². The van der Waals surface area contributed by atoms with Crippen LogP contribution >= 0.6 is 0 Å². The first-order valence-electron chi connectivity index (χ1n) is 10.2. The summed E-state index contributed by atoms with van der Waals surface area (Å²) < 4.78 is 25.1. The van der Waals surface area contributed by atoms with Crippen LogP contribution in [0.5, 0.6) is 0 Å². The molecule has 0 aliphatic heterocycles. The number of hydrogen-bond donors (Lipinski definition) is 0. The van der Waals surface area contributed by atoms with E-state index in [1.165, 1.54) is 0 Å². The normalized spacial score (nSPS) is 15.0. The highest BCUT2D eigenvalue weighted by Crippen LogP contribution is 2.37. The van der Waals surface area contributed by atoms with E-state index in [0.717, 1.165) is 25.6 Å². The fourth-order valence-electron chi connectivity index (χ4n) is 2.65. The Morgan fingerprint density at radius 3 is 1.79 bits per heavy atom. The van der Waals surface area contributed by atoms with E-state index < -0.39 is 25.4 Å². The highest BCUT2D eigenvalue weighted by Gasteiger charge is 2.42. The molecular formula is C19H45NO5Si3. The van der Waals surface area contributed by atoms with Gasteiger partial charge in [-0.1, -0.05) is 47.3 Å². The van der Waals surface area contributed by atoms with Gasteiger partial charge in [-0.05, 0) is 31.1 Å². The van der Waals surface area contributed by atoms with Gasteiger partial charge in [0, 0.05) is 33.9 Å². The van der Waals surface area contributed by atoms with Crippen molar-refractivity contribution in [2.24, 2.45) is 5.92 Å². The summed E-state index contributed by atoms with van der Waals surface area (Å²) in [6.07, 6.45) is 0.913. The molecule has 0 saturated carbocycles. The van der Waals surface area contributed by atoms with Crippen molar-refractivity contribution >= 4 is 31.3 Å². The van der Waals surface area contributed by atoms with Gasteiger partial charge in [-0.15, -0.1) is 0 Å². The summed E-state index contributed by atoms with van der Waals surface area (Å²) in [5.41, 5.74) is 0. The zero-order chi connectivity index (χ0) is 22.4. The van der Waals surface area contributed by atoms with Crippen molar-refractivity contribution in [3.8, 4) is 0 Å². The maximum atomic E-state index is 12.8. The Labute approximate surface area is 176 Å². The lowest BCUT2D eigenvalue weighted by molar-refractivity contribution is -0.139. The molecule has 0 spiro atoms. The lowest BCUT2D eigenvalue weighted by Gasteiger charge is -2.39. The molecule has 0 saturated heterocycles. The maximum absolute atomic E-state index is 12.8. The molecule has 0 heterocycles. The van der Waals surface area contributed by atoms with Gasteiger partial charge in [0.15, 0.2) is 0 Å². The minimum Gasteiger partial charge on any atom is -0.519 e. The van der Waals surface area contributed by atoms with E-state index >= 15 is 0 Å². The third-order valence-corrected chi connectivity index (χ3v) is 15.3. The monoisotopic (exact) mass is 451 g/mol. The van der Waals surface area contributed by atoms with Crippen molar-refractivity contribution in [1.82, 2.24) is 4.57 Å². The second kappa shape index (κ2) is 10.8. The highest BCUT2D eigenvalue weighted by molar-refractivity contribution is 6.75. The molecule has 1 atom stereocenters. The second-order valence-electron chi connectivity index (χ2n) is 10.1. The zero-order valence-electron chi connectivity index (χ0n) is 20.4. The molecule has 1 unspecified atom stereocenters. The fourth-order valence-corrected chi connectivity index (χ4v) is 7.02.